The van der Waals surface area contributed by atoms with Gasteiger partial charge in [0.2, 0.25) is 0 Å². The number of ketones is 1. The molecule has 0 aliphatic carbocycles. The van der Waals surface area contributed by atoms with E-state index in [9.17, 15) is 4.79 Å². The van der Waals surface area contributed by atoms with Gasteiger partial charge in [-0.15, -0.1) is 11.3 Å². The number of rotatable bonds is 4. The number of Topliss-reactive ketones (excluding diaryl/α,β-unsaturated/α-hetero) is 1. The lowest BCUT2D eigenvalue weighted by Crippen LogP contribution is -2.01. The summed E-state index contributed by atoms with van der Waals surface area (Å²) in [7, 11) is 0. The number of carbonyl (C=O) groups is 1. The molecule has 106 valence electrons. The van der Waals surface area contributed by atoms with Crippen molar-refractivity contribution >= 4 is 51.4 Å². The second-order valence-electron chi connectivity index (χ2n) is 4.41. The van der Waals surface area contributed by atoms with Crippen molar-refractivity contribution in [1.82, 2.24) is 9.97 Å². The Balaban J connectivity index is 1.83. The Morgan fingerprint density at radius 1 is 1.24 bits per heavy atom. The number of para-hydroxylation sites is 1. The number of thioether (sulfide) groups is 1. The quantitative estimate of drug-likeness (QED) is 0.396. The molecule has 21 heavy (non-hydrogen) atoms. The summed E-state index contributed by atoms with van der Waals surface area (Å²) in [6, 6.07) is 11.3. The Morgan fingerprint density at radius 3 is 2.81 bits per heavy atom. The number of benzene rings is 1. The van der Waals surface area contributed by atoms with Gasteiger partial charge in [-0.05, 0) is 25.1 Å². The van der Waals surface area contributed by atoms with Gasteiger partial charge in [-0.25, -0.2) is 9.97 Å². The fourth-order valence-corrected chi connectivity index (χ4v) is 3.96. The third-order valence-electron chi connectivity index (χ3n) is 2.87. The van der Waals surface area contributed by atoms with Crippen molar-refractivity contribution in [2.45, 2.75) is 11.9 Å². The van der Waals surface area contributed by atoms with Crippen LogP contribution in [0.2, 0.25) is 4.34 Å². The average molecular weight is 335 g/mol. The normalized spacial score (nSPS) is 11.0. The number of aryl methyl sites for hydroxylation is 1. The van der Waals surface area contributed by atoms with E-state index in [2.05, 4.69) is 9.97 Å². The summed E-state index contributed by atoms with van der Waals surface area (Å²) >= 11 is 8.61. The topological polar surface area (TPSA) is 42.9 Å². The smallest absolute Gasteiger partial charge is 0.183 e. The van der Waals surface area contributed by atoms with E-state index in [4.69, 9.17) is 11.6 Å². The average Bonchev–Trinajstić information content (AvgIpc) is 2.91. The first-order valence-corrected chi connectivity index (χ1v) is 8.46. The molecule has 0 saturated heterocycles. The molecule has 0 aliphatic heterocycles. The third kappa shape index (κ3) is 3.26. The fraction of sp³-hybridized carbons (Fsp3) is 0.133. The molecule has 0 amide bonds. The summed E-state index contributed by atoms with van der Waals surface area (Å²) < 4.78 is 0.631. The van der Waals surface area contributed by atoms with Crippen molar-refractivity contribution in [3.8, 4) is 0 Å². The summed E-state index contributed by atoms with van der Waals surface area (Å²) in [4.78, 5) is 21.7. The van der Waals surface area contributed by atoms with Gasteiger partial charge in [0.05, 0.1) is 20.5 Å². The van der Waals surface area contributed by atoms with Crippen molar-refractivity contribution in [3.05, 3.63) is 51.4 Å². The Kier molecular flexibility index (Phi) is 4.24. The van der Waals surface area contributed by atoms with E-state index in [-0.39, 0.29) is 5.78 Å². The molecule has 0 spiro atoms. The molecule has 0 fully saturated rings. The minimum Gasteiger partial charge on any atom is -0.292 e. The standard InChI is InChI=1S/C15H11ClN2OS2/c1-9-17-11-5-3-2-4-10(11)15(18-9)20-8-12(19)13-6-7-14(16)21-13/h2-7H,8H2,1H3. The van der Waals surface area contributed by atoms with Crippen LogP contribution < -0.4 is 0 Å². The highest BCUT2D eigenvalue weighted by atomic mass is 35.5. The minimum absolute atomic E-state index is 0.0669. The molecule has 6 heteroatoms. The SMILES string of the molecule is Cc1nc(SCC(=O)c2ccc(Cl)s2)c2ccccc2n1. The summed E-state index contributed by atoms with van der Waals surface area (Å²) in [5.41, 5.74) is 0.902. The lowest BCUT2D eigenvalue weighted by atomic mass is 10.2. The number of hydrogen-bond acceptors (Lipinski definition) is 5. The zero-order chi connectivity index (χ0) is 14.8. The minimum atomic E-state index is 0.0669. The van der Waals surface area contributed by atoms with Gasteiger partial charge in [-0.1, -0.05) is 41.6 Å². The molecule has 2 aromatic heterocycles. The van der Waals surface area contributed by atoms with E-state index in [0.29, 0.717) is 20.8 Å². The van der Waals surface area contributed by atoms with Crippen LogP contribution in [0.1, 0.15) is 15.5 Å². The lowest BCUT2D eigenvalue weighted by Gasteiger charge is -2.05. The maximum Gasteiger partial charge on any atom is 0.183 e. The molecular weight excluding hydrogens is 324 g/mol. The van der Waals surface area contributed by atoms with Crippen molar-refractivity contribution in [2.75, 3.05) is 5.75 Å². The van der Waals surface area contributed by atoms with Crippen LogP contribution in [0, 0.1) is 6.92 Å². The summed E-state index contributed by atoms with van der Waals surface area (Å²) in [6.07, 6.45) is 0. The maximum atomic E-state index is 12.1. The number of carbonyl (C=O) groups excluding carboxylic acids is 1. The zero-order valence-corrected chi connectivity index (χ0v) is 13.6. The Morgan fingerprint density at radius 2 is 2.05 bits per heavy atom. The Labute approximate surface area is 135 Å². The summed E-state index contributed by atoms with van der Waals surface area (Å²) in [5, 5.41) is 1.82. The first-order chi connectivity index (χ1) is 10.1. The highest BCUT2D eigenvalue weighted by Crippen LogP contribution is 2.28. The Bertz CT molecular complexity index is 816. The predicted octanol–water partition coefficient (Wildman–Crippen LogP) is 4.63. The number of nitrogens with zero attached hydrogens (tertiary/aromatic N) is 2. The number of thiophene rings is 1. The summed E-state index contributed by atoms with van der Waals surface area (Å²) in [5.74, 6) is 1.12. The van der Waals surface area contributed by atoms with Gasteiger partial charge in [0.25, 0.3) is 0 Å². The van der Waals surface area contributed by atoms with Gasteiger partial charge in [0.1, 0.15) is 10.9 Å². The first-order valence-electron chi connectivity index (χ1n) is 6.28. The Hall–Kier alpha value is -1.43. The van der Waals surface area contributed by atoms with Crippen molar-refractivity contribution in [3.63, 3.8) is 0 Å². The van der Waals surface area contributed by atoms with Crippen LogP contribution in [-0.2, 0) is 0 Å². The second kappa shape index (κ2) is 6.13. The van der Waals surface area contributed by atoms with Crippen LogP contribution in [0.25, 0.3) is 10.9 Å². The van der Waals surface area contributed by atoms with Gasteiger partial charge in [0, 0.05) is 5.39 Å². The molecule has 0 unspecified atom stereocenters. The molecule has 3 rings (SSSR count). The third-order valence-corrected chi connectivity index (χ3v) is 5.13. The molecule has 0 N–H and O–H groups in total. The molecule has 3 aromatic rings. The van der Waals surface area contributed by atoms with E-state index in [0.717, 1.165) is 15.9 Å². The number of fused-ring (bicyclic) bond motifs is 1. The van der Waals surface area contributed by atoms with E-state index >= 15 is 0 Å². The molecular formula is C15H11ClN2OS2. The van der Waals surface area contributed by atoms with Gasteiger partial charge >= 0.3 is 0 Å². The highest BCUT2D eigenvalue weighted by molar-refractivity contribution is 8.00. The lowest BCUT2D eigenvalue weighted by molar-refractivity contribution is 0.102. The van der Waals surface area contributed by atoms with Gasteiger partial charge in [-0.3, -0.25) is 4.79 Å². The fourth-order valence-electron chi connectivity index (χ4n) is 1.94. The largest absolute Gasteiger partial charge is 0.292 e. The molecule has 0 aliphatic rings. The number of hydrogen-bond donors (Lipinski definition) is 0. The van der Waals surface area contributed by atoms with E-state index in [1.54, 1.807) is 12.1 Å². The van der Waals surface area contributed by atoms with Gasteiger partial charge in [0.15, 0.2) is 5.78 Å². The van der Waals surface area contributed by atoms with Crippen LogP contribution in [0.4, 0.5) is 0 Å². The van der Waals surface area contributed by atoms with E-state index in [1.165, 1.54) is 23.1 Å². The molecule has 0 radical (unpaired) electrons. The monoisotopic (exact) mass is 334 g/mol. The molecule has 1 aromatic carbocycles. The zero-order valence-electron chi connectivity index (χ0n) is 11.2. The predicted molar refractivity (Wildman–Crippen MR) is 88.7 cm³/mol. The molecule has 0 bridgehead atoms. The van der Waals surface area contributed by atoms with E-state index < -0.39 is 0 Å². The van der Waals surface area contributed by atoms with Gasteiger partial charge in [-0.2, -0.15) is 0 Å². The van der Waals surface area contributed by atoms with Crippen LogP contribution in [-0.4, -0.2) is 21.5 Å². The van der Waals surface area contributed by atoms with Crippen LogP contribution in [0.15, 0.2) is 41.4 Å². The number of halogens is 1. The highest BCUT2D eigenvalue weighted by Gasteiger charge is 2.12. The van der Waals surface area contributed by atoms with Crippen molar-refractivity contribution in [2.24, 2.45) is 0 Å². The molecule has 2 heterocycles. The first kappa shape index (κ1) is 14.5. The van der Waals surface area contributed by atoms with Crippen molar-refractivity contribution < 1.29 is 4.79 Å². The van der Waals surface area contributed by atoms with Crippen LogP contribution in [0.3, 0.4) is 0 Å². The molecule has 0 saturated carbocycles. The van der Waals surface area contributed by atoms with E-state index in [1.807, 2.05) is 31.2 Å². The van der Waals surface area contributed by atoms with Gasteiger partial charge < -0.3 is 0 Å². The number of aromatic nitrogens is 2. The van der Waals surface area contributed by atoms with Crippen LogP contribution >= 0.6 is 34.7 Å². The molecule has 0 atom stereocenters. The van der Waals surface area contributed by atoms with Crippen molar-refractivity contribution in [1.29, 1.82) is 0 Å². The maximum absolute atomic E-state index is 12.1. The summed E-state index contributed by atoms with van der Waals surface area (Å²) in [6.45, 7) is 1.86. The molecule has 3 nitrogen and oxygen atoms in total. The van der Waals surface area contributed by atoms with Crippen LogP contribution in [0.5, 0.6) is 0 Å². The second-order valence-corrected chi connectivity index (χ2v) is 7.09.